The van der Waals surface area contributed by atoms with E-state index in [4.69, 9.17) is 9.31 Å². The second kappa shape index (κ2) is 8.32. The smallest absolute Gasteiger partial charge is 0.399 e. The Morgan fingerprint density at radius 3 is 2.09 bits per heavy atom. The van der Waals surface area contributed by atoms with E-state index in [0.29, 0.717) is 16.7 Å². The van der Waals surface area contributed by atoms with Crippen LogP contribution in [-0.4, -0.2) is 46.1 Å². The molecule has 0 aliphatic carbocycles. The first-order valence-electron chi connectivity index (χ1n) is 10.8. The van der Waals surface area contributed by atoms with Crippen molar-refractivity contribution in [1.82, 2.24) is 14.5 Å². The van der Waals surface area contributed by atoms with Crippen molar-refractivity contribution in [2.45, 2.75) is 51.6 Å². The fourth-order valence-corrected chi connectivity index (χ4v) is 3.77. The summed E-state index contributed by atoms with van der Waals surface area (Å²) in [6, 6.07) is 13.9. The molecule has 7 nitrogen and oxygen atoms in total. The number of nitrogens with zero attached hydrogens (tertiary/aromatic N) is 2. The Bertz CT molecular complexity index is 1260. The Labute approximate surface area is 194 Å². The normalized spacial score (nSPS) is 17.3. The number of carbonyl (C=O) groups is 1. The molecule has 2 aromatic carbocycles. The number of para-hydroxylation sites is 2. The predicted molar refractivity (Wildman–Crippen MR) is 122 cm³/mol. The van der Waals surface area contributed by atoms with E-state index in [1.807, 2.05) is 27.7 Å². The lowest BCUT2D eigenvalue weighted by atomic mass is 9.79. The molecule has 3 aromatic rings. The first-order valence-corrected chi connectivity index (χ1v) is 10.8. The van der Waals surface area contributed by atoms with Gasteiger partial charge in [0.2, 0.25) is 5.91 Å². The van der Waals surface area contributed by atoms with Gasteiger partial charge in [-0.2, -0.15) is 13.2 Å². The molecular formula is C23H25BF3N3O4. The summed E-state index contributed by atoms with van der Waals surface area (Å²) in [6.07, 6.45) is -4.53. The standard InChI is InChI=1S/C23H25BF3N3O4/c1-21(2)22(3,4)34-24(33-21)15-9-11-16(12-10-15)30-18-8-6-5-7-17(18)29(20(30)32)13-19(31)28-14-23(25,26)27/h5-12H,13-14H2,1-4H3,(H,28,31). The van der Waals surface area contributed by atoms with Crippen LogP contribution in [0.2, 0.25) is 0 Å². The minimum atomic E-state index is -4.53. The van der Waals surface area contributed by atoms with E-state index in [1.54, 1.807) is 53.8 Å². The predicted octanol–water partition coefficient (Wildman–Crippen LogP) is 2.77. The average Bonchev–Trinajstić information content (AvgIpc) is 3.15. The van der Waals surface area contributed by atoms with Gasteiger partial charge in [0.25, 0.3) is 0 Å². The lowest BCUT2D eigenvalue weighted by Gasteiger charge is -2.32. The second-order valence-electron chi connectivity index (χ2n) is 9.26. The fraction of sp³-hybridized carbons (Fsp3) is 0.391. The molecule has 1 amide bonds. The van der Waals surface area contributed by atoms with E-state index in [1.165, 1.54) is 4.57 Å². The molecule has 0 bridgehead atoms. The minimum Gasteiger partial charge on any atom is -0.399 e. The Morgan fingerprint density at radius 2 is 1.53 bits per heavy atom. The van der Waals surface area contributed by atoms with Crippen molar-refractivity contribution < 1.29 is 27.3 Å². The van der Waals surface area contributed by atoms with Crippen molar-refractivity contribution in [2.75, 3.05) is 6.54 Å². The van der Waals surface area contributed by atoms with E-state index in [2.05, 4.69) is 0 Å². The highest BCUT2D eigenvalue weighted by Gasteiger charge is 2.51. The lowest BCUT2D eigenvalue weighted by molar-refractivity contribution is -0.138. The Morgan fingerprint density at radius 1 is 0.971 bits per heavy atom. The molecule has 2 heterocycles. The molecule has 0 radical (unpaired) electrons. The van der Waals surface area contributed by atoms with Crippen molar-refractivity contribution in [1.29, 1.82) is 0 Å². The minimum absolute atomic E-state index is 0.435. The van der Waals surface area contributed by atoms with Crippen molar-refractivity contribution in [3.63, 3.8) is 0 Å². The van der Waals surface area contributed by atoms with Crippen LogP contribution in [-0.2, 0) is 20.6 Å². The molecule has 34 heavy (non-hydrogen) atoms. The van der Waals surface area contributed by atoms with Gasteiger partial charge >= 0.3 is 19.0 Å². The third kappa shape index (κ3) is 4.49. The number of alkyl halides is 3. The van der Waals surface area contributed by atoms with Crippen molar-refractivity contribution in [2.24, 2.45) is 0 Å². The number of carbonyl (C=O) groups excluding carboxylic acids is 1. The third-order valence-corrected chi connectivity index (χ3v) is 6.30. The summed E-state index contributed by atoms with van der Waals surface area (Å²) in [5.41, 5.74) is 0.762. The zero-order valence-corrected chi connectivity index (χ0v) is 19.3. The van der Waals surface area contributed by atoms with Crippen LogP contribution in [0.4, 0.5) is 13.2 Å². The number of nitrogens with one attached hydrogen (secondary N) is 1. The van der Waals surface area contributed by atoms with Gasteiger partial charge < -0.3 is 14.6 Å². The highest BCUT2D eigenvalue weighted by molar-refractivity contribution is 6.62. The summed E-state index contributed by atoms with van der Waals surface area (Å²) in [7, 11) is -0.561. The second-order valence-corrected chi connectivity index (χ2v) is 9.26. The number of aromatic nitrogens is 2. The van der Waals surface area contributed by atoms with Gasteiger partial charge in [0, 0.05) is 0 Å². The van der Waals surface area contributed by atoms with Crippen LogP contribution in [0.1, 0.15) is 27.7 Å². The lowest BCUT2D eigenvalue weighted by Crippen LogP contribution is -2.41. The van der Waals surface area contributed by atoms with E-state index in [0.717, 1.165) is 10.0 Å². The molecule has 0 atom stereocenters. The number of amides is 1. The monoisotopic (exact) mass is 475 g/mol. The Hall–Kier alpha value is -3.05. The maximum Gasteiger partial charge on any atom is 0.494 e. The van der Waals surface area contributed by atoms with Crippen LogP contribution >= 0.6 is 0 Å². The SMILES string of the molecule is CC1(C)OB(c2ccc(-n3c(=O)n(CC(=O)NCC(F)(F)F)c4ccccc43)cc2)OC1(C)C. The molecule has 1 aromatic heterocycles. The number of fused-ring (bicyclic) bond motifs is 1. The van der Waals surface area contributed by atoms with Gasteiger partial charge in [-0.3, -0.25) is 13.9 Å². The van der Waals surface area contributed by atoms with Crippen LogP contribution in [0.3, 0.4) is 0 Å². The van der Waals surface area contributed by atoms with Crippen LogP contribution in [0.15, 0.2) is 53.3 Å². The molecular weight excluding hydrogens is 450 g/mol. The summed E-state index contributed by atoms with van der Waals surface area (Å²) in [5, 5.41) is 1.80. The van der Waals surface area contributed by atoms with Crippen LogP contribution in [0.25, 0.3) is 16.7 Å². The highest BCUT2D eigenvalue weighted by atomic mass is 19.4. The molecule has 4 rings (SSSR count). The van der Waals surface area contributed by atoms with Crippen LogP contribution in [0, 0.1) is 0 Å². The molecule has 180 valence electrons. The van der Waals surface area contributed by atoms with E-state index in [9.17, 15) is 22.8 Å². The molecule has 0 unspecified atom stereocenters. The Balaban J connectivity index is 1.65. The number of halogens is 3. The topological polar surface area (TPSA) is 74.5 Å². The van der Waals surface area contributed by atoms with Gasteiger partial charge in [-0.1, -0.05) is 24.3 Å². The summed E-state index contributed by atoms with van der Waals surface area (Å²) < 4.78 is 52.0. The van der Waals surface area contributed by atoms with E-state index >= 15 is 0 Å². The van der Waals surface area contributed by atoms with Gasteiger partial charge in [-0.25, -0.2) is 4.79 Å². The van der Waals surface area contributed by atoms with E-state index < -0.39 is 49.2 Å². The fourth-order valence-electron chi connectivity index (χ4n) is 3.77. The maximum absolute atomic E-state index is 13.2. The molecule has 0 spiro atoms. The van der Waals surface area contributed by atoms with Crippen LogP contribution in [0.5, 0.6) is 0 Å². The average molecular weight is 475 g/mol. The molecule has 0 saturated carbocycles. The van der Waals surface area contributed by atoms with Gasteiger partial charge in [-0.05, 0) is 57.4 Å². The summed E-state index contributed by atoms with van der Waals surface area (Å²) in [6.45, 7) is 5.84. The van der Waals surface area contributed by atoms with Gasteiger partial charge in [0.15, 0.2) is 0 Å². The van der Waals surface area contributed by atoms with Crippen molar-refractivity contribution >= 4 is 29.5 Å². The molecule has 1 N–H and O–H groups in total. The quantitative estimate of drug-likeness (QED) is 0.577. The van der Waals surface area contributed by atoms with Gasteiger partial charge in [0.05, 0.1) is 27.9 Å². The van der Waals surface area contributed by atoms with Gasteiger partial charge in [0.1, 0.15) is 13.1 Å². The molecule has 1 aliphatic heterocycles. The van der Waals surface area contributed by atoms with E-state index in [-0.39, 0.29) is 0 Å². The summed E-state index contributed by atoms with van der Waals surface area (Å²) in [5.74, 6) is -0.904. The largest absolute Gasteiger partial charge is 0.494 e. The maximum atomic E-state index is 13.2. The number of rotatable bonds is 5. The van der Waals surface area contributed by atoms with Crippen molar-refractivity contribution in [3.05, 3.63) is 59.0 Å². The highest BCUT2D eigenvalue weighted by Crippen LogP contribution is 2.36. The molecule has 1 fully saturated rings. The number of benzene rings is 2. The zero-order chi connectivity index (χ0) is 24.9. The molecule has 11 heteroatoms. The number of hydrogen-bond donors (Lipinski definition) is 1. The zero-order valence-electron chi connectivity index (χ0n) is 19.3. The molecule has 1 aliphatic rings. The number of hydrogen-bond acceptors (Lipinski definition) is 4. The van der Waals surface area contributed by atoms with Crippen molar-refractivity contribution in [3.8, 4) is 5.69 Å². The first-order chi connectivity index (χ1) is 15.8. The van der Waals surface area contributed by atoms with Crippen LogP contribution < -0.4 is 16.5 Å². The third-order valence-electron chi connectivity index (χ3n) is 6.30. The molecule has 1 saturated heterocycles. The number of imidazole rings is 1. The first kappa shape index (κ1) is 24.1. The summed E-state index contributed by atoms with van der Waals surface area (Å²) >= 11 is 0. The Kier molecular flexibility index (Phi) is 5.89. The summed E-state index contributed by atoms with van der Waals surface area (Å²) in [4.78, 5) is 25.3. The van der Waals surface area contributed by atoms with Gasteiger partial charge in [-0.15, -0.1) is 0 Å².